The van der Waals surface area contributed by atoms with Gasteiger partial charge in [0, 0.05) is 87.4 Å². The number of methoxy groups -OCH3 is 1. The van der Waals surface area contributed by atoms with Gasteiger partial charge in [0.15, 0.2) is 11.6 Å². The number of nitrogens with zero attached hydrogens (tertiary/aromatic N) is 9. The molecule has 0 saturated heterocycles. The van der Waals surface area contributed by atoms with Crippen molar-refractivity contribution in [2.75, 3.05) is 45.4 Å². The summed E-state index contributed by atoms with van der Waals surface area (Å²) in [5.74, 6) is 0.171. The number of Topliss-reactive ketones (excluding diaryl/α,β-unsaturated/α-hetero) is 1. The molecule has 0 aliphatic heterocycles. The molecule has 0 spiro atoms. The van der Waals surface area contributed by atoms with Crippen molar-refractivity contribution in [2.45, 2.75) is 66.7 Å². The molecule has 19 nitrogen and oxygen atoms in total. The zero-order valence-electron chi connectivity index (χ0n) is 36.1. The van der Waals surface area contributed by atoms with Crippen LogP contribution in [0.25, 0.3) is 44.5 Å². The Morgan fingerprint density at radius 3 is 2.11 bits per heavy atom. The molecule has 0 fully saturated rings. The molecule has 63 heavy (non-hydrogen) atoms. The van der Waals surface area contributed by atoms with E-state index in [2.05, 4.69) is 15.5 Å². The van der Waals surface area contributed by atoms with Crippen LogP contribution in [0.15, 0.2) is 54.7 Å². The highest BCUT2D eigenvalue weighted by Gasteiger charge is 2.23. The summed E-state index contributed by atoms with van der Waals surface area (Å²) in [5, 5.41) is 23.1. The Hall–Kier alpha value is -7.12. The number of allylic oxidation sites excluding steroid dienone is 2. The lowest BCUT2D eigenvalue weighted by Crippen LogP contribution is -2.20. The molecule has 7 rings (SSSR count). The van der Waals surface area contributed by atoms with Crippen molar-refractivity contribution >= 4 is 56.5 Å². The number of rotatable bonds is 22. The molecule has 0 atom stereocenters. The van der Waals surface area contributed by atoms with Crippen LogP contribution in [0.1, 0.15) is 69.3 Å². The summed E-state index contributed by atoms with van der Waals surface area (Å²) in [6.07, 6.45) is 6.59. The summed E-state index contributed by atoms with van der Waals surface area (Å²) in [6.45, 7) is 10.1. The van der Waals surface area contributed by atoms with E-state index in [4.69, 9.17) is 40.6 Å². The number of benzene rings is 2. The number of aromatic nitrogens is 9. The molecule has 19 heteroatoms. The second-order valence-electron chi connectivity index (χ2n) is 14.9. The molecule has 7 aromatic rings. The fourth-order valence-electron chi connectivity index (χ4n) is 7.53. The van der Waals surface area contributed by atoms with Crippen molar-refractivity contribution < 1.29 is 33.7 Å². The van der Waals surface area contributed by atoms with Crippen LogP contribution < -0.4 is 26.3 Å². The maximum atomic E-state index is 13.5. The third kappa shape index (κ3) is 9.24. The number of amides is 2. The van der Waals surface area contributed by atoms with Gasteiger partial charge < -0.3 is 45.2 Å². The van der Waals surface area contributed by atoms with Gasteiger partial charge in [-0.1, -0.05) is 12.2 Å². The Labute approximate surface area is 362 Å². The van der Waals surface area contributed by atoms with Crippen LogP contribution in [0.2, 0.25) is 0 Å². The molecular formula is C44H52N12O7. The number of hydrogen-bond donors (Lipinski definition) is 4. The van der Waals surface area contributed by atoms with E-state index in [1.165, 1.54) is 0 Å². The standard InChI is InChI=1S/C44H52N12O7/c1-6-55-33(18-26(3)51-55)35(58)25-48-44-49-32-21-29(41(46)60)23-37(63-17-11-15-61-5)39(32)54(44)13-9-8-12-53-38-30(20-28(40(45)59)22-36(38)62-16-10-14-57)31-24-47-42(50-43(31)53)34-19-27(4)52-56(34)7-2/h8-9,18-24,57H,6-7,10-17,25H2,1-5H3,(H2,45,59)(H2,46,60)(H,48,49)/b9-8+. The van der Waals surface area contributed by atoms with E-state index >= 15 is 0 Å². The van der Waals surface area contributed by atoms with Gasteiger partial charge in [0.05, 0.1) is 42.2 Å². The summed E-state index contributed by atoms with van der Waals surface area (Å²) < 4.78 is 25.0. The van der Waals surface area contributed by atoms with Gasteiger partial charge >= 0.3 is 0 Å². The Morgan fingerprint density at radius 2 is 1.43 bits per heavy atom. The Bertz CT molecular complexity index is 2850. The van der Waals surface area contributed by atoms with Crippen LogP contribution in [-0.2, 0) is 30.9 Å². The fourth-order valence-corrected chi connectivity index (χ4v) is 7.53. The third-order valence-electron chi connectivity index (χ3n) is 10.4. The first-order valence-electron chi connectivity index (χ1n) is 20.8. The maximum Gasteiger partial charge on any atom is 0.248 e. The van der Waals surface area contributed by atoms with E-state index in [0.717, 1.165) is 17.1 Å². The fraction of sp³-hybridized carbons (Fsp3) is 0.364. The van der Waals surface area contributed by atoms with E-state index in [1.54, 1.807) is 48.3 Å². The number of ether oxygens (including phenoxy) is 3. The minimum atomic E-state index is -0.643. The number of nitrogens with two attached hydrogens (primary N) is 2. The number of primary amides is 2. The lowest BCUT2D eigenvalue weighted by molar-refractivity contribution is 0.0989. The number of ketones is 1. The smallest absolute Gasteiger partial charge is 0.248 e. The number of aryl methyl sites for hydroxylation is 4. The molecule has 0 unspecified atom stereocenters. The van der Waals surface area contributed by atoms with E-state index in [9.17, 15) is 19.5 Å². The van der Waals surface area contributed by atoms with Crippen molar-refractivity contribution in [2.24, 2.45) is 11.5 Å². The van der Waals surface area contributed by atoms with Crippen molar-refractivity contribution in [3.63, 3.8) is 0 Å². The number of carbonyl (C=O) groups excluding carboxylic acids is 3. The molecule has 0 saturated carbocycles. The molecule has 0 bridgehead atoms. The number of aliphatic hydroxyl groups is 1. The second kappa shape index (κ2) is 19.3. The zero-order chi connectivity index (χ0) is 44.8. The van der Waals surface area contributed by atoms with Crippen LogP contribution in [0.4, 0.5) is 5.95 Å². The first-order valence-corrected chi connectivity index (χ1v) is 20.8. The van der Waals surface area contributed by atoms with Crippen molar-refractivity contribution in [1.82, 2.24) is 43.6 Å². The Morgan fingerprint density at radius 1 is 0.778 bits per heavy atom. The highest BCUT2D eigenvalue weighted by Crippen LogP contribution is 2.37. The van der Waals surface area contributed by atoms with Crippen molar-refractivity contribution in [1.29, 1.82) is 0 Å². The normalized spacial score (nSPS) is 11.7. The lowest BCUT2D eigenvalue weighted by Gasteiger charge is -2.13. The molecule has 0 aliphatic carbocycles. The summed E-state index contributed by atoms with van der Waals surface area (Å²) in [5.41, 5.74) is 17.1. The maximum absolute atomic E-state index is 13.5. The van der Waals surface area contributed by atoms with Gasteiger partial charge in [0.1, 0.15) is 34.1 Å². The molecule has 6 N–H and O–H groups in total. The largest absolute Gasteiger partial charge is 0.491 e. The molecule has 5 heterocycles. The van der Waals surface area contributed by atoms with Gasteiger partial charge in [-0.05, 0) is 64.1 Å². The number of carbonyl (C=O) groups is 3. The molecule has 0 radical (unpaired) electrons. The van der Waals surface area contributed by atoms with Gasteiger partial charge in [-0.15, -0.1) is 0 Å². The first-order chi connectivity index (χ1) is 30.5. The number of imidazole rings is 1. The van der Waals surface area contributed by atoms with E-state index < -0.39 is 11.8 Å². The minimum absolute atomic E-state index is 0.0788. The zero-order valence-corrected chi connectivity index (χ0v) is 36.1. The van der Waals surface area contributed by atoms with Crippen LogP contribution >= 0.6 is 0 Å². The Kier molecular flexibility index (Phi) is 13.5. The van der Waals surface area contributed by atoms with E-state index in [0.29, 0.717) is 101 Å². The van der Waals surface area contributed by atoms with Crippen LogP contribution in [0.3, 0.4) is 0 Å². The lowest BCUT2D eigenvalue weighted by atomic mass is 10.1. The predicted octanol–water partition coefficient (Wildman–Crippen LogP) is 4.58. The van der Waals surface area contributed by atoms with Crippen LogP contribution in [0.5, 0.6) is 11.5 Å². The highest BCUT2D eigenvalue weighted by atomic mass is 16.5. The van der Waals surface area contributed by atoms with Gasteiger partial charge in [-0.2, -0.15) is 10.2 Å². The molecule has 2 amide bonds. The minimum Gasteiger partial charge on any atom is -0.491 e. The summed E-state index contributed by atoms with van der Waals surface area (Å²) in [7, 11) is 1.61. The van der Waals surface area contributed by atoms with Crippen LogP contribution in [0, 0.1) is 13.8 Å². The van der Waals surface area contributed by atoms with E-state index in [1.807, 2.05) is 59.7 Å². The first kappa shape index (κ1) is 44.0. The SMILES string of the molecule is CCn1nc(C)cc1C(=O)CNc1nc2cc(C(N)=O)cc(OCCCOC)c2n1C/C=C/Cn1c2nc(-c3cc(C)nn3CC)ncc2c2cc(C(N)=O)cc(OCCCO)c21. The van der Waals surface area contributed by atoms with Gasteiger partial charge in [0.25, 0.3) is 0 Å². The predicted molar refractivity (Wildman–Crippen MR) is 237 cm³/mol. The topological polar surface area (TPSA) is 247 Å². The second-order valence-corrected chi connectivity index (χ2v) is 14.9. The average molecular weight is 861 g/mol. The monoisotopic (exact) mass is 860 g/mol. The molecule has 330 valence electrons. The molecule has 2 aromatic carbocycles. The summed E-state index contributed by atoms with van der Waals surface area (Å²) >= 11 is 0. The van der Waals surface area contributed by atoms with Crippen molar-refractivity contribution in [3.8, 4) is 23.0 Å². The van der Waals surface area contributed by atoms with Crippen LogP contribution in [-0.4, -0.2) is 106 Å². The van der Waals surface area contributed by atoms with Gasteiger partial charge in [-0.25, -0.2) is 15.0 Å². The molecule has 0 aliphatic rings. The number of aliphatic hydroxyl groups excluding tert-OH is 1. The molecular weight excluding hydrogens is 809 g/mol. The average Bonchev–Trinajstić information content (AvgIpc) is 4.03. The number of hydrogen-bond acceptors (Lipinski definition) is 13. The molecule has 5 aromatic heterocycles. The quantitative estimate of drug-likeness (QED) is 0.0415. The number of nitrogens with one attached hydrogen (secondary N) is 1. The number of fused-ring (bicyclic) bond motifs is 4. The third-order valence-corrected chi connectivity index (χ3v) is 10.4. The summed E-state index contributed by atoms with van der Waals surface area (Å²) in [4.78, 5) is 53.2. The Balaban J connectivity index is 1.32. The number of anilines is 1. The summed E-state index contributed by atoms with van der Waals surface area (Å²) in [6, 6.07) is 10.2. The van der Waals surface area contributed by atoms with Gasteiger partial charge in [-0.3, -0.25) is 23.7 Å². The van der Waals surface area contributed by atoms with Crippen molar-refractivity contribution in [3.05, 3.63) is 83.0 Å². The highest BCUT2D eigenvalue weighted by molar-refractivity contribution is 6.12. The van der Waals surface area contributed by atoms with E-state index in [-0.39, 0.29) is 49.8 Å². The van der Waals surface area contributed by atoms with Gasteiger partial charge in [0.2, 0.25) is 17.8 Å².